The van der Waals surface area contributed by atoms with Crippen LogP contribution in [0.5, 0.6) is 0 Å². The summed E-state index contributed by atoms with van der Waals surface area (Å²) in [5.41, 5.74) is 1.17. The molecular weight excluding hydrogens is 316 g/mol. The van der Waals surface area contributed by atoms with Crippen LogP contribution in [-0.2, 0) is 19.1 Å². The van der Waals surface area contributed by atoms with Gasteiger partial charge in [0.05, 0.1) is 12.0 Å². The molecule has 1 aliphatic carbocycles. The number of rotatable bonds is 2. The molecule has 1 atom stereocenters. The first-order valence-corrected chi connectivity index (χ1v) is 8.49. The molecule has 0 bridgehead atoms. The van der Waals surface area contributed by atoms with E-state index in [0.717, 1.165) is 36.7 Å². The van der Waals surface area contributed by atoms with Gasteiger partial charge in [0, 0.05) is 5.57 Å². The van der Waals surface area contributed by atoms with E-state index in [-0.39, 0.29) is 12.4 Å². The SMILES string of the molecule is CC(C)(C#C/C=C1/CCCC=C1C#CC(=O)[C@H]1COC(C)(C)O1)C=O. The zero-order valence-corrected chi connectivity index (χ0v) is 15.3. The average Bonchev–Trinajstić information content (AvgIpc) is 2.93. The Morgan fingerprint density at radius 1 is 1.40 bits per heavy atom. The lowest BCUT2D eigenvalue weighted by Gasteiger charge is -2.15. The minimum absolute atomic E-state index is 0.231. The van der Waals surface area contributed by atoms with Gasteiger partial charge in [-0.25, -0.2) is 0 Å². The molecule has 1 heterocycles. The number of hydrogen-bond donors (Lipinski definition) is 0. The number of carbonyl (C=O) groups excluding carboxylic acids is 2. The molecule has 4 nitrogen and oxygen atoms in total. The van der Waals surface area contributed by atoms with Gasteiger partial charge in [0.2, 0.25) is 5.78 Å². The molecule has 0 unspecified atom stereocenters. The van der Waals surface area contributed by atoms with Crippen molar-refractivity contribution in [3.8, 4) is 23.7 Å². The van der Waals surface area contributed by atoms with Crippen LogP contribution in [0.15, 0.2) is 23.3 Å². The van der Waals surface area contributed by atoms with Gasteiger partial charge in [0.1, 0.15) is 6.29 Å². The fourth-order valence-electron chi connectivity index (χ4n) is 2.45. The molecule has 0 amide bonds. The first-order valence-electron chi connectivity index (χ1n) is 8.49. The average molecular weight is 340 g/mol. The zero-order chi connectivity index (χ0) is 18.5. The van der Waals surface area contributed by atoms with Gasteiger partial charge in [-0.2, -0.15) is 0 Å². The van der Waals surface area contributed by atoms with Crippen LogP contribution in [-0.4, -0.2) is 30.6 Å². The molecule has 0 spiro atoms. The molecule has 1 saturated heterocycles. The highest BCUT2D eigenvalue weighted by Gasteiger charge is 2.36. The maximum atomic E-state index is 12.2. The van der Waals surface area contributed by atoms with E-state index in [0.29, 0.717) is 0 Å². The summed E-state index contributed by atoms with van der Waals surface area (Å²) in [5.74, 6) is 10.5. The Morgan fingerprint density at radius 2 is 2.16 bits per heavy atom. The molecule has 0 aromatic rings. The van der Waals surface area contributed by atoms with E-state index in [9.17, 15) is 9.59 Å². The Kier molecular flexibility index (Phi) is 6.01. The number of ketones is 1. The van der Waals surface area contributed by atoms with E-state index in [1.165, 1.54) is 0 Å². The minimum Gasteiger partial charge on any atom is -0.347 e. The standard InChI is InChI=1S/C21H24O4/c1-20(2,15-22)13-7-10-16-8-5-6-9-17(16)11-12-18(23)19-14-24-21(3,4)25-19/h9-10,15,19H,5-6,8,14H2,1-4H3/b16-10-/t19-/m1/s1. The van der Waals surface area contributed by atoms with Crippen molar-refractivity contribution in [2.45, 2.75) is 58.8 Å². The van der Waals surface area contributed by atoms with Crippen molar-refractivity contribution in [2.75, 3.05) is 6.61 Å². The number of hydrogen-bond acceptors (Lipinski definition) is 4. The molecule has 4 heteroatoms. The minimum atomic E-state index is -0.738. The molecule has 132 valence electrons. The second kappa shape index (κ2) is 7.83. The Morgan fingerprint density at radius 3 is 2.80 bits per heavy atom. The summed E-state index contributed by atoms with van der Waals surface area (Å²) in [4.78, 5) is 23.1. The van der Waals surface area contributed by atoms with E-state index < -0.39 is 17.3 Å². The van der Waals surface area contributed by atoms with E-state index in [4.69, 9.17) is 9.47 Å². The lowest BCUT2D eigenvalue weighted by atomic mass is 9.92. The summed E-state index contributed by atoms with van der Waals surface area (Å²) in [7, 11) is 0. The predicted molar refractivity (Wildman–Crippen MR) is 95.3 cm³/mol. The second-order valence-electron chi connectivity index (χ2n) is 7.22. The van der Waals surface area contributed by atoms with Gasteiger partial charge in [-0.05, 0) is 64.5 Å². The number of Topliss-reactive ketones (excluding diaryl/α,β-unsaturated/α-hetero) is 1. The van der Waals surface area contributed by atoms with Crippen LogP contribution in [0.3, 0.4) is 0 Å². The topological polar surface area (TPSA) is 52.6 Å². The highest BCUT2D eigenvalue weighted by atomic mass is 16.7. The van der Waals surface area contributed by atoms with Crippen molar-refractivity contribution in [3.63, 3.8) is 0 Å². The monoisotopic (exact) mass is 340 g/mol. The van der Waals surface area contributed by atoms with Crippen molar-refractivity contribution in [2.24, 2.45) is 5.41 Å². The van der Waals surface area contributed by atoms with E-state index >= 15 is 0 Å². The quantitative estimate of drug-likeness (QED) is 0.441. The van der Waals surface area contributed by atoms with Gasteiger partial charge in [0.15, 0.2) is 11.9 Å². The molecular formula is C21H24O4. The first-order chi connectivity index (χ1) is 11.7. The van der Waals surface area contributed by atoms with Crippen molar-refractivity contribution in [1.82, 2.24) is 0 Å². The predicted octanol–water partition coefficient (Wildman–Crippen LogP) is 2.98. The number of aldehydes is 1. The lowest BCUT2D eigenvalue weighted by Crippen LogP contribution is -2.25. The summed E-state index contributed by atoms with van der Waals surface area (Å²) in [6, 6.07) is 0. The van der Waals surface area contributed by atoms with E-state index in [2.05, 4.69) is 23.7 Å². The Hall–Kier alpha value is -2.14. The molecule has 1 fully saturated rings. The Bertz CT molecular complexity index is 729. The van der Waals surface area contributed by atoms with E-state index in [1.807, 2.05) is 6.08 Å². The summed E-state index contributed by atoms with van der Waals surface area (Å²) in [5, 5.41) is 0. The maximum Gasteiger partial charge on any atom is 0.237 e. The molecule has 0 N–H and O–H groups in total. The third kappa shape index (κ3) is 5.71. The van der Waals surface area contributed by atoms with Gasteiger partial charge in [-0.15, -0.1) is 0 Å². The third-order valence-electron chi connectivity index (χ3n) is 3.90. The van der Waals surface area contributed by atoms with Gasteiger partial charge in [0.25, 0.3) is 0 Å². The third-order valence-corrected chi connectivity index (χ3v) is 3.90. The molecule has 0 saturated carbocycles. The highest BCUT2D eigenvalue weighted by molar-refractivity contribution is 5.99. The normalized spacial score (nSPS) is 23.8. The smallest absolute Gasteiger partial charge is 0.237 e. The number of ether oxygens (including phenoxy) is 2. The number of allylic oxidation sites excluding steroid dienone is 4. The highest BCUT2D eigenvalue weighted by Crippen LogP contribution is 2.24. The van der Waals surface area contributed by atoms with Crippen LogP contribution in [0.1, 0.15) is 47.0 Å². The van der Waals surface area contributed by atoms with Crippen molar-refractivity contribution in [3.05, 3.63) is 23.3 Å². The van der Waals surface area contributed by atoms with Gasteiger partial charge < -0.3 is 14.3 Å². The molecule has 2 rings (SSSR count). The second-order valence-corrected chi connectivity index (χ2v) is 7.22. The number of carbonyl (C=O) groups is 2. The van der Waals surface area contributed by atoms with Crippen molar-refractivity contribution >= 4 is 12.1 Å². The van der Waals surface area contributed by atoms with Crippen molar-refractivity contribution in [1.29, 1.82) is 0 Å². The van der Waals surface area contributed by atoms with Gasteiger partial charge >= 0.3 is 0 Å². The molecule has 0 aromatic carbocycles. The first kappa shape index (κ1) is 19.2. The molecule has 0 radical (unpaired) electrons. The summed E-state index contributed by atoms with van der Waals surface area (Å²) < 4.78 is 10.9. The summed E-state index contributed by atoms with van der Waals surface area (Å²) in [6.07, 6.45) is 6.84. The van der Waals surface area contributed by atoms with Crippen molar-refractivity contribution < 1.29 is 19.1 Å². The molecule has 1 aliphatic heterocycles. The van der Waals surface area contributed by atoms with E-state index in [1.54, 1.807) is 33.8 Å². The molecule has 0 aromatic heterocycles. The summed E-state index contributed by atoms with van der Waals surface area (Å²) >= 11 is 0. The van der Waals surface area contributed by atoms with Crippen LogP contribution < -0.4 is 0 Å². The maximum absolute atomic E-state index is 12.2. The van der Waals surface area contributed by atoms with Crippen LogP contribution in [0, 0.1) is 29.1 Å². The fraction of sp³-hybridized carbons (Fsp3) is 0.524. The van der Waals surface area contributed by atoms with Gasteiger partial charge in [-0.1, -0.05) is 23.8 Å². The molecule has 25 heavy (non-hydrogen) atoms. The summed E-state index contributed by atoms with van der Waals surface area (Å²) in [6.45, 7) is 7.32. The molecule has 2 aliphatic rings. The fourth-order valence-corrected chi connectivity index (χ4v) is 2.45. The Labute approximate surface area is 149 Å². The zero-order valence-electron chi connectivity index (χ0n) is 15.3. The van der Waals surface area contributed by atoms with Crippen LogP contribution in [0.25, 0.3) is 0 Å². The van der Waals surface area contributed by atoms with Crippen LogP contribution >= 0.6 is 0 Å². The lowest BCUT2D eigenvalue weighted by molar-refractivity contribution is -0.148. The van der Waals surface area contributed by atoms with Crippen LogP contribution in [0.4, 0.5) is 0 Å². The van der Waals surface area contributed by atoms with Crippen LogP contribution in [0.2, 0.25) is 0 Å². The Balaban J connectivity index is 2.11. The largest absolute Gasteiger partial charge is 0.347 e. The van der Waals surface area contributed by atoms with Gasteiger partial charge in [-0.3, -0.25) is 4.79 Å².